The summed E-state index contributed by atoms with van der Waals surface area (Å²) in [6.07, 6.45) is 0. The van der Waals surface area contributed by atoms with Crippen LogP contribution in [0.4, 0.5) is 0 Å². The van der Waals surface area contributed by atoms with Gasteiger partial charge in [0.15, 0.2) is 5.09 Å². The minimum Gasteiger partial charge on any atom is -0.475 e. The Morgan fingerprint density at radius 3 is 2.94 bits per heavy atom. The molecule has 0 spiro atoms. The Labute approximate surface area is 109 Å². The zero-order valence-corrected chi connectivity index (χ0v) is 11.2. The molecule has 0 unspecified atom stereocenters. The van der Waals surface area contributed by atoms with E-state index in [0.717, 1.165) is 10.2 Å². The molecule has 2 aromatic heterocycles. The Hall–Kier alpha value is -0.720. The molecule has 2 rings (SSSR count). The van der Waals surface area contributed by atoms with Crippen LogP contribution < -0.4 is 0 Å². The van der Waals surface area contributed by atoms with Gasteiger partial charge in [0.1, 0.15) is 0 Å². The van der Waals surface area contributed by atoms with Crippen LogP contribution in [0.25, 0.3) is 0 Å². The van der Waals surface area contributed by atoms with Crippen molar-refractivity contribution in [2.45, 2.75) is 10.8 Å². The van der Waals surface area contributed by atoms with Crippen LogP contribution >= 0.6 is 39.0 Å². The summed E-state index contributed by atoms with van der Waals surface area (Å²) >= 11 is 6.52. The van der Waals surface area contributed by atoms with Crippen LogP contribution in [0.15, 0.2) is 37.6 Å². The lowest BCUT2D eigenvalue weighted by Gasteiger charge is -1.93. The van der Waals surface area contributed by atoms with Gasteiger partial charge in [-0.05, 0) is 34.1 Å². The van der Waals surface area contributed by atoms with Crippen LogP contribution in [0, 0.1) is 0 Å². The van der Waals surface area contributed by atoms with Gasteiger partial charge in [-0.3, -0.25) is 0 Å². The van der Waals surface area contributed by atoms with Crippen molar-refractivity contribution >= 4 is 45.0 Å². The fraction of sp³-hybridized carbons (Fsp3) is 0.100. The van der Waals surface area contributed by atoms with Gasteiger partial charge < -0.3 is 9.52 Å². The third-order valence-corrected chi connectivity index (χ3v) is 4.61. The number of carboxylic acid groups (broad SMARTS) is 1. The van der Waals surface area contributed by atoms with Crippen molar-refractivity contribution in [2.75, 3.05) is 0 Å². The maximum atomic E-state index is 10.6. The third kappa shape index (κ3) is 2.90. The van der Waals surface area contributed by atoms with Crippen molar-refractivity contribution in [2.24, 2.45) is 0 Å². The smallest absolute Gasteiger partial charge is 0.371 e. The Kier molecular flexibility index (Phi) is 3.73. The Bertz CT molecular complexity index is 504. The normalized spacial score (nSPS) is 10.6. The average Bonchev–Trinajstić information content (AvgIpc) is 2.83. The molecule has 0 bridgehead atoms. The molecule has 0 aliphatic rings. The highest BCUT2D eigenvalue weighted by Crippen LogP contribution is 2.29. The van der Waals surface area contributed by atoms with Crippen LogP contribution in [-0.2, 0) is 5.75 Å². The van der Waals surface area contributed by atoms with Gasteiger partial charge in [0.05, 0.1) is 0 Å². The first-order valence-corrected chi connectivity index (χ1v) is 7.00. The van der Waals surface area contributed by atoms with Crippen molar-refractivity contribution in [1.82, 2.24) is 0 Å². The third-order valence-electron chi connectivity index (χ3n) is 1.77. The highest BCUT2D eigenvalue weighted by Gasteiger charge is 2.09. The molecule has 0 aliphatic heterocycles. The van der Waals surface area contributed by atoms with E-state index in [0.29, 0.717) is 5.09 Å². The number of thiophene rings is 1. The van der Waals surface area contributed by atoms with Crippen molar-refractivity contribution in [3.63, 3.8) is 0 Å². The van der Waals surface area contributed by atoms with Gasteiger partial charge in [0.25, 0.3) is 0 Å². The SMILES string of the molecule is O=C(O)c1ccc(SCc2cc(Br)cs2)o1. The lowest BCUT2D eigenvalue weighted by Crippen LogP contribution is -1.91. The Balaban J connectivity index is 1.97. The number of halogens is 1. The van der Waals surface area contributed by atoms with E-state index in [1.54, 1.807) is 17.4 Å². The van der Waals surface area contributed by atoms with E-state index in [9.17, 15) is 4.79 Å². The quantitative estimate of drug-likeness (QED) is 0.862. The lowest BCUT2D eigenvalue weighted by atomic mass is 10.5. The van der Waals surface area contributed by atoms with Crippen LogP contribution in [0.3, 0.4) is 0 Å². The average molecular weight is 319 g/mol. The lowest BCUT2D eigenvalue weighted by molar-refractivity contribution is 0.0656. The summed E-state index contributed by atoms with van der Waals surface area (Å²) in [7, 11) is 0. The minimum atomic E-state index is -1.04. The van der Waals surface area contributed by atoms with Crippen molar-refractivity contribution in [3.8, 4) is 0 Å². The zero-order valence-electron chi connectivity index (χ0n) is 7.97. The number of furan rings is 1. The summed E-state index contributed by atoms with van der Waals surface area (Å²) in [5, 5.41) is 11.3. The maximum absolute atomic E-state index is 10.6. The predicted molar refractivity (Wildman–Crippen MR) is 67.2 cm³/mol. The van der Waals surface area contributed by atoms with Crippen LogP contribution in [0.5, 0.6) is 0 Å². The van der Waals surface area contributed by atoms with Gasteiger partial charge in [0, 0.05) is 20.5 Å². The maximum Gasteiger partial charge on any atom is 0.371 e. The second kappa shape index (κ2) is 5.07. The van der Waals surface area contributed by atoms with Gasteiger partial charge in [-0.2, -0.15) is 0 Å². The molecule has 3 nitrogen and oxygen atoms in total. The molecule has 2 aromatic rings. The van der Waals surface area contributed by atoms with Crippen LogP contribution in [0.1, 0.15) is 15.4 Å². The summed E-state index contributed by atoms with van der Waals surface area (Å²) in [6, 6.07) is 5.19. The molecule has 16 heavy (non-hydrogen) atoms. The van der Waals surface area contributed by atoms with E-state index in [-0.39, 0.29) is 5.76 Å². The molecule has 6 heteroatoms. The summed E-state index contributed by atoms with van der Waals surface area (Å²) in [5.74, 6) is -0.274. The molecule has 0 saturated heterocycles. The second-order valence-electron chi connectivity index (χ2n) is 2.94. The van der Waals surface area contributed by atoms with Gasteiger partial charge in [-0.1, -0.05) is 11.8 Å². The molecular formula is C10H7BrO3S2. The molecular weight excluding hydrogens is 312 g/mol. The van der Waals surface area contributed by atoms with Crippen molar-refractivity contribution < 1.29 is 14.3 Å². The first-order chi connectivity index (χ1) is 7.65. The largest absolute Gasteiger partial charge is 0.475 e. The van der Waals surface area contributed by atoms with E-state index in [2.05, 4.69) is 15.9 Å². The monoisotopic (exact) mass is 318 g/mol. The predicted octanol–water partition coefficient (Wildman–Crippen LogP) is 4.09. The first kappa shape index (κ1) is 11.8. The number of hydrogen-bond donors (Lipinski definition) is 1. The molecule has 84 valence electrons. The highest BCUT2D eigenvalue weighted by atomic mass is 79.9. The zero-order chi connectivity index (χ0) is 11.5. The van der Waals surface area contributed by atoms with Gasteiger partial charge in [-0.15, -0.1) is 11.3 Å². The molecule has 2 heterocycles. The van der Waals surface area contributed by atoms with E-state index < -0.39 is 5.97 Å². The molecule has 0 fully saturated rings. The number of hydrogen-bond acceptors (Lipinski definition) is 4. The fourth-order valence-electron chi connectivity index (χ4n) is 1.08. The minimum absolute atomic E-state index is 0.0186. The van der Waals surface area contributed by atoms with E-state index in [4.69, 9.17) is 9.52 Å². The Morgan fingerprint density at radius 1 is 1.56 bits per heavy atom. The molecule has 0 saturated carbocycles. The number of aromatic carboxylic acids is 1. The molecule has 0 radical (unpaired) electrons. The van der Waals surface area contributed by atoms with Crippen molar-refractivity contribution in [3.05, 3.63) is 38.7 Å². The van der Waals surface area contributed by atoms with Crippen LogP contribution in [0.2, 0.25) is 0 Å². The highest BCUT2D eigenvalue weighted by molar-refractivity contribution is 9.10. The van der Waals surface area contributed by atoms with E-state index in [1.807, 2.05) is 11.4 Å². The first-order valence-electron chi connectivity index (χ1n) is 4.34. The van der Waals surface area contributed by atoms with E-state index >= 15 is 0 Å². The number of carboxylic acids is 1. The molecule has 1 N–H and O–H groups in total. The second-order valence-corrected chi connectivity index (χ2v) is 5.83. The Morgan fingerprint density at radius 2 is 2.38 bits per heavy atom. The molecule has 0 aliphatic carbocycles. The number of carbonyl (C=O) groups is 1. The molecule has 0 aromatic carbocycles. The summed E-state index contributed by atoms with van der Waals surface area (Å²) in [6.45, 7) is 0. The van der Waals surface area contributed by atoms with Gasteiger partial charge in [0.2, 0.25) is 5.76 Å². The standard InChI is InChI=1S/C10H7BrO3S2/c11-6-3-7(15-4-6)5-16-9-2-1-8(14-9)10(12)13/h1-4H,5H2,(H,12,13). The van der Waals surface area contributed by atoms with E-state index in [1.165, 1.54) is 22.7 Å². The summed E-state index contributed by atoms with van der Waals surface area (Å²) in [4.78, 5) is 11.8. The number of rotatable bonds is 4. The van der Waals surface area contributed by atoms with Crippen LogP contribution in [-0.4, -0.2) is 11.1 Å². The molecule has 0 amide bonds. The van der Waals surface area contributed by atoms with Gasteiger partial charge >= 0.3 is 5.97 Å². The topological polar surface area (TPSA) is 50.4 Å². The fourth-order valence-corrected chi connectivity index (χ4v) is 3.45. The van der Waals surface area contributed by atoms with Crippen molar-refractivity contribution in [1.29, 1.82) is 0 Å². The number of thioether (sulfide) groups is 1. The summed E-state index contributed by atoms with van der Waals surface area (Å²) < 4.78 is 6.20. The molecule has 0 atom stereocenters. The summed E-state index contributed by atoms with van der Waals surface area (Å²) in [5.41, 5.74) is 0. The van der Waals surface area contributed by atoms with Gasteiger partial charge in [-0.25, -0.2) is 4.79 Å².